The molecule has 1 aromatic rings. The lowest BCUT2D eigenvalue weighted by atomic mass is 10.3. The predicted molar refractivity (Wildman–Crippen MR) is 68.8 cm³/mol. The number of anilines is 1. The molecule has 0 saturated carbocycles. The van der Waals surface area contributed by atoms with E-state index in [0.29, 0.717) is 16.5 Å². The van der Waals surface area contributed by atoms with Crippen LogP contribution in [0.1, 0.15) is 6.42 Å². The highest BCUT2D eigenvalue weighted by atomic mass is 35.5. The van der Waals surface area contributed by atoms with Gasteiger partial charge in [0.1, 0.15) is 5.75 Å². The van der Waals surface area contributed by atoms with E-state index in [1.54, 1.807) is 12.1 Å². The molecule has 0 fully saturated rings. The highest BCUT2D eigenvalue weighted by Crippen LogP contribution is 2.27. The van der Waals surface area contributed by atoms with Gasteiger partial charge in [-0.15, -0.1) is 0 Å². The summed E-state index contributed by atoms with van der Waals surface area (Å²) in [5.74, 6) is 0.380. The molecule has 0 heterocycles. The molecule has 0 unspecified atom stereocenters. The summed E-state index contributed by atoms with van der Waals surface area (Å²) in [4.78, 5) is 3.57. The van der Waals surface area contributed by atoms with Crippen molar-refractivity contribution in [3.63, 3.8) is 0 Å². The standard InChI is InChI=1S/C11H13ClF3N3O/c1-19-9-3-2-7(6-8(9)12)18-10(16)17-5-4-11(13,14)15/h2-3,6H,4-5H2,1H3,(H3,16,17,18). The molecule has 0 atom stereocenters. The van der Waals surface area contributed by atoms with E-state index in [2.05, 4.69) is 10.3 Å². The fourth-order valence-corrected chi connectivity index (χ4v) is 1.49. The van der Waals surface area contributed by atoms with Gasteiger partial charge in [-0.2, -0.15) is 13.2 Å². The summed E-state index contributed by atoms with van der Waals surface area (Å²) in [6.45, 7) is -0.424. The molecule has 1 aromatic carbocycles. The van der Waals surface area contributed by atoms with E-state index in [4.69, 9.17) is 22.1 Å². The Kier molecular flexibility index (Phi) is 5.29. The van der Waals surface area contributed by atoms with E-state index in [9.17, 15) is 13.2 Å². The summed E-state index contributed by atoms with van der Waals surface area (Å²) in [6.07, 6.45) is -5.26. The van der Waals surface area contributed by atoms with Gasteiger partial charge in [-0.3, -0.25) is 4.99 Å². The number of hydrogen-bond acceptors (Lipinski definition) is 2. The number of aliphatic imine (C=N–C) groups is 1. The van der Waals surface area contributed by atoms with Crippen LogP contribution < -0.4 is 15.8 Å². The van der Waals surface area contributed by atoms with Gasteiger partial charge in [-0.1, -0.05) is 11.6 Å². The molecular weight excluding hydrogens is 283 g/mol. The molecule has 0 saturated heterocycles. The zero-order valence-electron chi connectivity index (χ0n) is 10.1. The zero-order valence-corrected chi connectivity index (χ0v) is 10.8. The van der Waals surface area contributed by atoms with Gasteiger partial charge in [0.05, 0.1) is 25.1 Å². The first-order chi connectivity index (χ1) is 8.81. The molecule has 1 rings (SSSR count). The lowest BCUT2D eigenvalue weighted by molar-refractivity contribution is -0.132. The van der Waals surface area contributed by atoms with Gasteiger partial charge in [0.2, 0.25) is 0 Å². The summed E-state index contributed by atoms with van der Waals surface area (Å²) < 4.78 is 40.7. The number of nitrogens with one attached hydrogen (secondary N) is 1. The van der Waals surface area contributed by atoms with Gasteiger partial charge in [0.25, 0.3) is 0 Å². The maximum atomic E-state index is 11.9. The summed E-state index contributed by atoms with van der Waals surface area (Å²) in [5.41, 5.74) is 5.97. The van der Waals surface area contributed by atoms with Gasteiger partial charge in [-0.25, -0.2) is 0 Å². The highest BCUT2D eigenvalue weighted by Gasteiger charge is 2.26. The van der Waals surface area contributed by atoms with Gasteiger partial charge in [0, 0.05) is 5.69 Å². The number of guanidine groups is 1. The average molecular weight is 296 g/mol. The van der Waals surface area contributed by atoms with Crippen molar-refractivity contribution in [2.24, 2.45) is 10.7 Å². The smallest absolute Gasteiger partial charge is 0.390 e. The van der Waals surface area contributed by atoms with Crippen LogP contribution >= 0.6 is 11.6 Å². The molecule has 0 aromatic heterocycles. The number of nitrogens with two attached hydrogens (primary N) is 1. The molecule has 19 heavy (non-hydrogen) atoms. The van der Waals surface area contributed by atoms with Gasteiger partial charge >= 0.3 is 6.18 Å². The largest absolute Gasteiger partial charge is 0.495 e. The molecule has 0 aliphatic heterocycles. The third-order valence-corrected chi connectivity index (χ3v) is 2.40. The Morgan fingerprint density at radius 1 is 1.47 bits per heavy atom. The summed E-state index contributed by atoms with van der Waals surface area (Å²) in [6, 6.07) is 4.76. The maximum absolute atomic E-state index is 11.9. The second kappa shape index (κ2) is 6.51. The first kappa shape index (κ1) is 15.4. The summed E-state index contributed by atoms with van der Waals surface area (Å²) in [7, 11) is 1.47. The van der Waals surface area contributed by atoms with E-state index in [1.807, 2.05) is 0 Å². The normalized spacial score (nSPS) is 12.4. The molecule has 0 bridgehead atoms. The topological polar surface area (TPSA) is 59.6 Å². The Bertz CT molecular complexity index is 463. The van der Waals surface area contributed by atoms with Gasteiger partial charge in [0.15, 0.2) is 5.96 Å². The Balaban J connectivity index is 2.59. The van der Waals surface area contributed by atoms with Crippen molar-refractivity contribution >= 4 is 23.2 Å². The minimum Gasteiger partial charge on any atom is -0.495 e. The van der Waals surface area contributed by atoms with Crippen LogP contribution in [0.4, 0.5) is 18.9 Å². The number of alkyl halides is 3. The molecule has 4 nitrogen and oxygen atoms in total. The van der Waals surface area contributed by atoms with Crippen LogP contribution in [0.5, 0.6) is 5.75 Å². The van der Waals surface area contributed by atoms with E-state index < -0.39 is 19.1 Å². The fourth-order valence-electron chi connectivity index (χ4n) is 1.23. The molecule has 0 aliphatic carbocycles. The van der Waals surface area contributed by atoms with Crippen LogP contribution in [0.15, 0.2) is 23.2 Å². The van der Waals surface area contributed by atoms with Crippen LogP contribution in [0.25, 0.3) is 0 Å². The number of rotatable bonds is 4. The third-order valence-electron chi connectivity index (χ3n) is 2.10. The first-order valence-corrected chi connectivity index (χ1v) is 5.67. The van der Waals surface area contributed by atoms with Gasteiger partial charge in [-0.05, 0) is 18.2 Å². The number of nitrogens with zero attached hydrogens (tertiary/aromatic N) is 1. The quantitative estimate of drug-likeness (QED) is 0.663. The van der Waals surface area contributed by atoms with E-state index >= 15 is 0 Å². The van der Waals surface area contributed by atoms with Crippen molar-refractivity contribution in [1.82, 2.24) is 0 Å². The second-order valence-electron chi connectivity index (χ2n) is 3.61. The molecule has 0 radical (unpaired) electrons. The van der Waals surface area contributed by atoms with Crippen molar-refractivity contribution in [2.45, 2.75) is 12.6 Å². The minimum atomic E-state index is -4.24. The summed E-state index contributed by atoms with van der Waals surface area (Å²) >= 11 is 5.88. The Morgan fingerprint density at radius 2 is 2.16 bits per heavy atom. The van der Waals surface area contributed by atoms with Crippen molar-refractivity contribution in [3.05, 3.63) is 23.2 Å². The fraction of sp³-hybridized carbons (Fsp3) is 0.364. The third kappa shape index (κ3) is 5.69. The van der Waals surface area contributed by atoms with Crippen molar-refractivity contribution in [3.8, 4) is 5.75 Å². The lowest BCUT2D eigenvalue weighted by Gasteiger charge is -2.09. The average Bonchev–Trinajstić information content (AvgIpc) is 2.27. The van der Waals surface area contributed by atoms with Crippen molar-refractivity contribution in [2.75, 3.05) is 19.0 Å². The predicted octanol–water partition coefficient (Wildman–Crippen LogP) is 3.03. The number of hydrogen-bond donors (Lipinski definition) is 2. The number of halogens is 4. The molecule has 8 heteroatoms. The molecule has 0 spiro atoms. The SMILES string of the molecule is COc1ccc(NC(N)=NCCC(F)(F)F)cc1Cl. The first-order valence-electron chi connectivity index (χ1n) is 5.29. The zero-order chi connectivity index (χ0) is 14.5. The number of benzene rings is 1. The van der Waals surface area contributed by atoms with Crippen molar-refractivity contribution < 1.29 is 17.9 Å². The number of ether oxygens (including phenoxy) is 1. The monoisotopic (exact) mass is 295 g/mol. The van der Waals surface area contributed by atoms with E-state index in [0.717, 1.165) is 0 Å². The Morgan fingerprint density at radius 3 is 2.68 bits per heavy atom. The second-order valence-corrected chi connectivity index (χ2v) is 4.01. The van der Waals surface area contributed by atoms with E-state index in [-0.39, 0.29) is 5.96 Å². The molecule has 106 valence electrons. The Hall–Kier alpha value is -1.63. The molecule has 0 amide bonds. The summed E-state index contributed by atoms with van der Waals surface area (Å²) in [5, 5.41) is 3.00. The van der Waals surface area contributed by atoms with Crippen LogP contribution in [0, 0.1) is 0 Å². The number of methoxy groups -OCH3 is 1. The highest BCUT2D eigenvalue weighted by molar-refractivity contribution is 6.32. The molecule has 0 aliphatic rings. The maximum Gasteiger partial charge on any atom is 0.390 e. The van der Waals surface area contributed by atoms with Crippen LogP contribution in [-0.2, 0) is 0 Å². The lowest BCUT2D eigenvalue weighted by Crippen LogP contribution is -2.23. The van der Waals surface area contributed by atoms with Gasteiger partial charge < -0.3 is 15.8 Å². The van der Waals surface area contributed by atoms with E-state index in [1.165, 1.54) is 13.2 Å². The van der Waals surface area contributed by atoms with Crippen LogP contribution in [0.2, 0.25) is 5.02 Å². The van der Waals surface area contributed by atoms with Crippen molar-refractivity contribution in [1.29, 1.82) is 0 Å². The minimum absolute atomic E-state index is 0.106. The molecular formula is C11H13ClF3N3O. The Labute approximate surface area is 113 Å². The molecule has 3 N–H and O–H groups in total. The van der Waals surface area contributed by atoms with Crippen LogP contribution in [0.3, 0.4) is 0 Å². The van der Waals surface area contributed by atoms with Crippen LogP contribution in [-0.4, -0.2) is 25.8 Å².